The van der Waals surface area contributed by atoms with Crippen LogP contribution in [-0.4, -0.2) is 24.5 Å². The molecule has 0 aromatic heterocycles. The first-order chi connectivity index (χ1) is 10.2. The van der Waals surface area contributed by atoms with Crippen LogP contribution in [-0.2, 0) is 24.3 Å². The van der Waals surface area contributed by atoms with Gasteiger partial charge in [-0.05, 0) is 51.4 Å². The van der Waals surface area contributed by atoms with Crippen LogP contribution in [0.25, 0.3) is 0 Å². The first kappa shape index (κ1) is 15.9. The van der Waals surface area contributed by atoms with Crippen LogP contribution in [0, 0.1) is 0 Å². The van der Waals surface area contributed by atoms with E-state index in [0.29, 0.717) is 0 Å². The highest BCUT2D eigenvalue weighted by molar-refractivity contribution is 5.60. The molecule has 0 aromatic rings. The molecule has 0 atom stereocenters. The number of ether oxygens (including phenoxy) is 2. The monoisotopic (exact) mass is 302 g/mol. The maximum Gasteiger partial charge on any atom is 0.543 e. The van der Waals surface area contributed by atoms with Crippen LogP contribution in [0.15, 0.2) is 0 Å². The van der Waals surface area contributed by atoms with E-state index in [9.17, 15) is 9.59 Å². The van der Waals surface area contributed by atoms with E-state index in [0.717, 1.165) is 64.2 Å². The van der Waals surface area contributed by atoms with Gasteiger partial charge >= 0.3 is 12.3 Å². The highest BCUT2D eigenvalue weighted by Gasteiger charge is 2.22. The molecule has 7 heteroatoms. The smallest absolute Gasteiger partial charge is 0.429 e. The zero-order chi connectivity index (χ0) is 14.9. The third-order valence-corrected chi connectivity index (χ3v) is 3.83. The molecule has 2 rings (SSSR count). The summed E-state index contributed by atoms with van der Waals surface area (Å²) in [5.41, 5.74) is 0. The van der Waals surface area contributed by atoms with E-state index in [1.165, 1.54) is 0 Å². The molecule has 0 aromatic carbocycles. The van der Waals surface area contributed by atoms with E-state index >= 15 is 0 Å². The Morgan fingerprint density at radius 1 is 0.619 bits per heavy atom. The molecular weight excluding hydrogens is 280 g/mol. The summed E-state index contributed by atoms with van der Waals surface area (Å²) >= 11 is 0. The van der Waals surface area contributed by atoms with Crippen LogP contribution >= 0.6 is 0 Å². The summed E-state index contributed by atoms with van der Waals surface area (Å²) in [6.45, 7) is 0. The topological polar surface area (TPSA) is 80.3 Å². The predicted octanol–water partition coefficient (Wildman–Crippen LogP) is 3.80. The molecule has 0 N–H and O–H groups in total. The summed E-state index contributed by atoms with van der Waals surface area (Å²) in [6.07, 6.45) is 7.40. The standard InChI is InChI=1S/C14H22O7/c15-13(17-11-7-3-1-4-8-11)19-21-20-14(16)18-12-9-5-2-6-10-12/h11-12H,1-10H2. The van der Waals surface area contributed by atoms with Gasteiger partial charge in [0, 0.05) is 0 Å². The van der Waals surface area contributed by atoms with Crippen LogP contribution in [0.3, 0.4) is 0 Å². The molecular formula is C14H22O7. The zero-order valence-electron chi connectivity index (χ0n) is 12.1. The van der Waals surface area contributed by atoms with Crippen molar-refractivity contribution in [1.82, 2.24) is 0 Å². The van der Waals surface area contributed by atoms with Crippen LogP contribution in [0.2, 0.25) is 0 Å². The maximum atomic E-state index is 11.3. The number of carbonyl (C=O) groups is 2. The van der Waals surface area contributed by atoms with Gasteiger partial charge in [-0.1, -0.05) is 12.8 Å². The van der Waals surface area contributed by atoms with Crippen molar-refractivity contribution >= 4 is 12.3 Å². The van der Waals surface area contributed by atoms with Gasteiger partial charge in [0.1, 0.15) is 12.2 Å². The Labute approximate surface area is 123 Å². The van der Waals surface area contributed by atoms with Gasteiger partial charge in [0.05, 0.1) is 5.04 Å². The average Bonchev–Trinajstić information content (AvgIpc) is 2.49. The van der Waals surface area contributed by atoms with Crippen molar-refractivity contribution in [2.75, 3.05) is 0 Å². The fourth-order valence-corrected chi connectivity index (χ4v) is 2.75. The third kappa shape index (κ3) is 6.20. The van der Waals surface area contributed by atoms with Crippen LogP contribution < -0.4 is 0 Å². The van der Waals surface area contributed by atoms with Gasteiger partial charge in [0.15, 0.2) is 0 Å². The number of carbonyl (C=O) groups excluding carboxylic acids is 2. The molecule has 2 fully saturated rings. The Hall–Kier alpha value is -1.50. The Morgan fingerprint density at radius 3 is 1.38 bits per heavy atom. The summed E-state index contributed by atoms with van der Waals surface area (Å²) in [5.74, 6) is 0. The second-order valence-corrected chi connectivity index (χ2v) is 5.49. The molecule has 0 spiro atoms. The molecule has 21 heavy (non-hydrogen) atoms. The quantitative estimate of drug-likeness (QED) is 0.444. The highest BCUT2D eigenvalue weighted by Crippen LogP contribution is 2.21. The van der Waals surface area contributed by atoms with Crippen molar-refractivity contribution in [1.29, 1.82) is 0 Å². The normalized spacial score (nSPS) is 20.6. The Balaban J connectivity index is 1.53. The summed E-state index contributed by atoms with van der Waals surface area (Å²) in [6, 6.07) is 0. The van der Waals surface area contributed by atoms with Gasteiger partial charge in [0.25, 0.3) is 0 Å². The second-order valence-electron chi connectivity index (χ2n) is 5.49. The number of hydrogen-bond donors (Lipinski definition) is 0. The van der Waals surface area contributed by atoms with Gasteiger partial charge in [-0.15, -0.1) is 0 Å². The minimum atomic E-state index is -1.01. The molecule has 0 amide bonds. The largest absolute Gasteiger partial charge is 0.543 e. The molecule has 2 saturated carbocycles. The second kappa shape index (κ2) is 8.71. The van der Waals surface area contributed by atoms with Crippen molar-refractivity contribution in [3.8, 4) is 0 Å². The molecule has 0 aliphatic heterocycles. The van der Waals surface area contributed by atoms with Crippen molar-refractivity contribution in [3.63, 3.8) is 0 Å². The van der Waals surface area contributed by atoms with Crippen molar-refractivity contribution < 1.29 is 33.9 Å². The van der Waals surface area contributed by atoms with Crippen molar-refractivity contribution in [3.05, 3.63) is 0 Å². The SMILES string of the molecule is O=C(OOOC(=O)OC1CCCCC1)OC1CCCCC1. The Bertz CT molecular complexity index is 300. The van der Waals surface area contributed by atoms with Gasteiger partial charge < -0.3 is 9.47 Å². The van der Waals surface area contributed by atoms with E-state index in [1.807, 2.05) is 0 Å². The van der Waals surface area contributed by atoms with E-state index in [4.69, 9.17) is 9.47 Å². The van der Waals surface area contributed by atoms with E-state index in [2.05, 4.69) is 14.8 Å². The highest BCUT2D eigenvalue weighted by atomic mass is 17.5. The fraction of sp³-hybridized carbons (Fsp3) is 0.857. The molecule has 120 valence electrons. The Kier molecular flexibility index (Phi) is 6.59. The Morgan fingerprint density at radius 2 is 1.00 bits per heavy atom. The lowest BCUT2D eigenvalue weighted by molar-refractivity contribution is -0.459. The lowest BCUT2D eigenvalue weighted by Crippen LogP contribution is -2.24. The van der Waals surface area contributed by atoms with Crippen LogP contribution in [0.4, 0.5) is 9.59 Å². The van der Waals surface area contributed by atoms with Crippen LogP contribution in [0.1, 0.15) is 64.2 Å². The first-order valence-corrected chi connectivity index (χ1v) is 7.66. The molecule has 0 saturated heterocycles. The maximum absolute atomic E-state index is 11.3. The molecule has 0 radical (unpaired) electrons. The van der Waals surface area contributed by atoms with E-state index in [1.54, 1.807) is 0 Å². The molecule has 0 bridgehead atoms. The lowest BCUT2D eigenvalue weighted by atomic mass is 9.98. The predicted molar refractivity (Wildman–Crippen MR) is 70.0 cm³/mol. The summed E-state index contributed by atoms with van der Waals surface area (Å²) < 4.78 is 10.0. The molecule has 7 nitrogen and oxygen atoms in total. The van der Waals surface area contributed by atoms with Gasteiger partial charge in [0.2, 0.25) is 0 Å². The summed E-state index contributed by atoms with van der Waals surface area (Å²) in [4.78, 5) is 31.0. The minimum Gasteiger partial charge on any atom is -0.429 e. The minimum absolute atomic E-state index is 0.149. The van der Waals surface area contributed by atoms with Crippen molar-refractivity contribution in [2.45, 2.75) is 76.4 Å². The molecule has 0 heterocycles. The molecule has 0 unspecified atom stereocenters. The van der Waals surface area contributed by atoms with Gasteiger partial charge in [-0.2, -0.15) is 0 Å². The summed E-state index contributed by atoms with van der Waals surface area (Å²) in [5, 5.41) is 4.09. The average molecular weight is 302 g/mol. The molecule has 2 aliphatic carbocycles. The summed E-state index contributed by atoms with van der Waals surface area (Å²) in [7, 11) is 0. The van der Waals surface area contributed by atoms with Crippen molar-refractivity contribution in [2.24, 2.45) is 0 Å². The molecule has 2 aliphatic rings. The lowest BCUT2D eigenvalue weighted by Gasteiger charge is -2.21. The number of hydrogen-bond acceptors (Lipinski definition) is 7. The fourth-order valence-electron chi connectivity index (χ4n) is 2.75. The third-order valence-electron chi connectivity index (χ3n) is 3.83. The van der Waals surface area contributed by atoms with Gasteiger partial charge in [-0.3, -0.25) is 0 Å². The zero-order valence-corrected chi connectivity index (χ0v) is 12.1. The van der Waals surface area contributed by atoms with Crippen LogP contribution in [0.5, 0.6) is 0 Å². The number of rotatable bonds is 4. The van der Waals surface area contributed by atoms with Gasteiger partial charge in [-0.25, -0.2) is 19.4 Å². The van der Waals surface area contributed by atoms with E-state index < -0.39 is 12.3 Å². The van der Waals surface area contributed by atoms with E-state index in [-0.39, 0.29) is 12.2 Å². The first-order valence-electron chi connectivity index (χ1n) is 7.66.